The first-order chi connectivity index (χ1) is 9.43. The van der Waals surface area contributed by atoms with E-state index >= 15 is 0 Å². The third kappa shape index (κ3) is 1.66. The van der Waals surface area contributed by atoms with Crippen LogP contribution in [0.4, 0.5) is 0 Å². The molecule has 0 amide bonds. The smallest absolute Gasteiger partial charge is 0.161 e. The van der Waals surface area contributed by atoms with Crippen molar-refractivity contribution < 1.29 is 4.74 Å². The van der Waals surface area contributed by atoms with Crippen molar-refractivity contribution in [2.45, 2.75) is 12.6 Å². The quantitative estimate of drug-likeness (QED) is 0.663. The van der Waals surface area contributed by atoms with Crippen LogP contribution in [0.5, 0.6) is 0 Å². The van der Waals surface area contributed by atoms with Gasteiger partial charge in [0.2, 0.25) is 0 Å². The van der Waals surface area contributed by atoms with Crippen molar-refractivity contribution in [1.29, 1.82) is 0 Å². The Bertz CT molecular complexity index is 732. The first kappa shape index (κ1) is 10.8. The molecule has 2 heterocycles. The summed E-state index contributed by atoms with van der Waals surface area (Å²) in [6, 6.07) is 16.7. The summed E-state index contributed by atoms with van der Waals surface area (Å²) in [5.74, 6) is 0. The maximum atomic E-state index is 5.98. The number of fused-ring (bicyclic) bond motifs is 2. The minimum absolute atomic E-state index is 0.0580. The maximum absolute atomic E-state index is 5.98. The highest BCUT2D eigenvalue weighted by Gasteiger charge is 2.23. The number of hydrogen-bond acceptors (Lipinski definition) is 2. The summed E-state index contributed by atoms with van der Waals surface area (Å²) < 4.78 is 8.10. The fourth-order valence-corrected chi connectivity index (χ4v) is 2.77. The molecule has 0 spiro atoms. The van der Waals surface area contributed by atoms with E-state index in [0.717, 1.165) is 24.1 Å². The lowest BCUT2D eigenvalue weighted by Gasteiger charge is -2.27. The van der Waals surface area contributed by atoms with Crippen molar-refractivity contribution in [3.05, 3.63) is 66.0 Å². The van der Waals surface area contributed by atoms with Gasteiger partial charge in [0, 0.05) is 5.56 Å². The van der Waals surface area contributed by atoms with Gasteiger partial charge in [0.15, 0.2) is 6.23 Å². The molecular weight excluding hydrogens is 236 g/mol. The summed E-state index contributed by atoms with van der Waals surface area (Å²) in [7, 11) is 0. The lowest BCUT2D eigenvalue weighted by Crippen LogP contribution is -2.21. The lowest BCUT2D eigenvalue weighted by atomic mass is 10.0. The molecule has 0 aliphatic carbocycles. The van der Waals surface area contributed by atoms with Gasteiger partial charge < -0.3 is 4.74 Å². The number of hydrogen-bond donors (Lipinski definition) is 0. The van der Waals surface area contributed by atoms with E-state index in [9.17, 15) is 0 Å². The van der Waals surface area contributed by atoms with Gasteiger partial charge in [0.1, 0.15) is 0 Å². The Morgan fingerprint density at radius 1 is 1.05 bits per heavy atom. The molecular formula is C16H14N2O. The number of aromatic nitrogens is 2. The van der Waals surface area contributed by atoms with Gasteiger partial charge in [-0.2, -0.15) is 0 Å². The molecule has 3 nitrogen and oxygen atoms in total. The molecule has 3 heteroatoms. The van der Waals surface area contributed by atoms with Gasteiger partial charge >= 0.3 is 0 Å². The molecule has 0 saturated heterocycles. The number of benzene rings is 2. The summed E-state index contributed by atoms with van der Waals surface area (Å²) in [4.78, 5) is 4.45. The molecule has 1 aromatic heterocycles. The Labute approximate surface area is 111 Å². The van der Waals surface area contributed by atoms with Crippen LogP contribution in [0.2, 0.25) is 0 Å². The van der Waals surface area contributed by atoms with E-state index in [1.54, 1.807) is 0 Å². The van der Waals surface area contributed by atoms with Gasteiger partial charge in [0.25, 0.3) is 0 Å². The zero-order chi connectivity index (χ0) is 12.7. The highest BCUT2D eigenvalue weighted by Crippen LogP contribution is 2.30. The van der Waals surface area contributed by atoms with Crippen LogP contribution in [0.1, 0.15) is 17.4 Å². The van der Waals surface area contributed by atoms with Crippen LogP contribution in [0.15, 0.2) is 54.9 Å². The largest absolute Gasteiger partial charge is 0.353 e. The number of rotatable bonds is 1. The average Bonchev–Trinajstić information content (AvgIpc) is 2.90. The van der Waals surface area contributed by atoms with Crippen LogP contribution in [-0.2, 0) is 11.2 Å². The number of para-hydroxylation sites is 2. The molecule has 0 saturated carbocycles. The number of nitrogens with zero attached hydrogens (tertiary/aromatic N) is 2. The van der Waals surface area contributed by atoms with Gasteiger partial charge in [-0.15, -0.1) is 0 Å². The van der Waals surface area contributed by atoms with E-state index in [-0.39, 0.29) is 6.23 Å². The topological polar surface area (TPSA) is 27.1 Å². The van der Waals surface area contributed by atoms with Crippen LogP contribution in [0.3, 0.4) is 0 Å². The molecule has 4 rings (SSSR count). The molecule has 2 aromatic carbocycles. The Morgan fingerprint density at radius 2 is 1.89 bits per heavy atom. The van der Waals surface area contributed by atoms with Gasteiger partial charge in [-0.3, -0.25) is 4.57 Å². The van der Waals surface area contributed by atoms with Crippen LogP contribution < -0.4 is 0 Å². The SMILES string of the molecule is c1ccc2c(c1)CCOC2n1cnc2ccccc21. The van der Waals surface area contributed by atoms with Crippen molar-refractivity contribution >= 4 is 11.0 Å². The summed E-state index contributed by atoms with van der Waals surface area (Å²) in [5, 5.41) is 0. The molecule has 94 valence electrons. The monoisotopic (exact) mass is 250 g/mol. The zero-order valence-electron chi connectivity index (χ0n) is 10.5. The second-order valence-electron chi connectivity index (χ2n) is 4.81. The molecule has 19 heavy (non-hydrogen) atoms. The molecule has 1 unspecified atom stereocenters. The minimum atomic E-state index is -0.0580. The summed E-state index contributed by atoms with van der Waals surface area (Å²) in [6.45, 7) is 0.758. The third-order valence-corrected chi connectivity index (χ3v) is 3.70. The predicted octanol–water partition coefficient (Wildman–Crippen LogP) is 3.16. The minimum Gasteiger partial charge on any atom is -0.353 e. The van der Waals surface area contributed by atoms with Crippen molar-refractivity contribution in [2.24, 2.45) is 0 Å². The van der Waals surface area contributed by atoms with Crippen LogP contribution in [-0.4, -0.2) is 16.2 Å². The van der Waals surface area contributed by atoms with E-state index < -0.39 is 0 Å². The molecule has 1 atom stereocenters. The predicted molar refractivity (Wildman–Crippen MR) is 74.0 cm³/mol. The molecule has 1 aliphatic rings. The Hall–Kier alpha value is -2.13. The van der Waals surface area contributed by atoms with E-state index in [1.807, 2.05) is 24.5 Å². The zero-order valence-corrected chi connectivity index (χ0v) is 10.5. The van der Waals surface area contributed by atoms with Crippen LogP contribution >= 0.6 is 0 Å². The Balaban J connectivity index is 1.90. The highest BCUT2D eigenvalue weighted by atomic mass is 16.5. The normalized spacial score (nSPS) is 18.4. The second kappa shape index (κ2) is 4.21. The van der Waals surface area contributed by atoms with Gasteiger partial charge in [0.05, 0.1) is 24.0 Å². The fraction of sp³-hybridized carbons (Fsp3) is 0.188. The Morgan fingerprint density at radius 3 is 2.89 bits per heavy atom. The summed E-state index contributed by atoms with van der Waals surface area (Å²) >= 11 is 0. The molecule has 1 aliphatic heterocycles. The number of imidazole rings is 1. The third-order valence-electron chi connectivity index (χ3n) is 3.70. The second-order valence-corrected chi connectivity index (χ2v) is 4.81. The van der Waals surface area contributed by atoms with Crippen molar-refractivity contribution in [3.63, 3.8) is 0 Å². The highest BCUT2D eigenvalue weighted by molar-refractivity contribution is 5.75. The van der Waals surface area contributed by atoms with Crippen LogP contribution in [0.25, 0.3) is 11.0 Å². The molecule has 0 fully saturated rings. The molecule has 0 bridgehead atoms. The van der Waals surface area contributed by atoms with Gasteiger partial charge in [-0.25, -0.2) is 4.98 Å². The lowest BCUT2D eigenvalue weighted by molar-refractivity contribution is 0.0247. The van der Waals surface area contributed by atoms with E-state index in [1.165, 1.54) is 11.1 Å². The van der Waals surface area contributed by atoms with Crippen molar-refractivity contribution in [1.82, 2.24) is 9.55 Å². The first-order valence-corrected chi connectivity index (χ1v) is 6.54. The van der Waals surface area contributed by atoms with E-state index in [0.29, 0.717) is 0 Å². The average molecular weight is 250 g/mol. The summed E-state index contributed by atoms with van der Waals surface area (Å²) in [5.41, 5.74) is 4.74. The number of ether oxygens (including phenoxy) is 1. The van der Waals surface area contributed by atoms with Crippen molar-refractivity contribution in [3.8, 4) is 0 Å². The van der Waals surface area contributed by atoms with E-state index in [4.69, 9.17) is 4.74 Å². The maximum Gasteiger partial charge on any atom is 0.161 e. The van der Waals surface area contributed by atoms with Gasteiger partial charge in [-0.1, -0.05) is 36.4 Å². The molecule has 0 N–H and O–H groups in total. The summed E-state index contributed by atoms with van der Waals surface area (Å²) in [6.07, 6.45) is 2.80. The molecule has 3 aromatic rings. The molecule has 0 radical (unpaired) electrons. The van der Waals surface area contributed by atoms with Crippen LogP contribution in [0, 0.1) is 0 Å². The standard InChI is InChI=1S/C16H14N2O/c1-2-6-13-12(5-1)9-10-19-16(13)18-11-17-14-7-3-4-8-15(14)18/h1-8,11,16H,9-10H2. The van der Waals surface area contributed by atoms with E-state index in [2.05, 4.69) is 39.9 Å². The Kier molecular flexibility index (Phi) is 2.38. The van der Waals surface area contributed by atoms with Gasteiger partial charge in [-0.05, 0) is 24.1 Å². The van der Waals surface area contributed by atoms with Crippen molar-refractivity contribution in [2.75, 3.05) is 6.61 Å². The first-order valence-electron chi connectivity index (χ1n) is 6.54. The fourth-order valence-electron chi connectivity index (χ4n) is 2.77.